The Bertz CT molecular complexity index is 2070. The highest BCUT2D eigenvalue weighted by Crippen LogP contribution is 2.34. The fourth-order valence-corrected chi connectivity index (χ4v) is 5.96. The van der Waals surface area contributed by atoms with Crippen LogP contribution >= 0.6 is 0 Å². The van der Waals surface area contributed by atoms with Crippen LogP contribution in [0.3, 0.4) is 0 Å². The van der Waals surface area contributed by atoms with Gasteiger partial charge < -0.3 is 24.6 Å². The first kappa shape index (κ1) is 38.3. The molecule has 0 aliphatic carbocycles. The van der Waals surface area contributed by atoms with Crippen molar-refractivity contribution in [1.82, 2.24) is 29.5 Å². The van der Waals surface area contributed by atoms with E-state index in [2.05, 4.69) is 25.4 Å². The molecule has 272 valence electrons. The van der Waals surface area contributed by atoms with Gasteiger partial charge in [-0.15, -0.1) is 0 Å². The number of nitrogens with zero attached hydrogens (tertiary/aromatic N) is 5. The lowest BCUT2D eigenvalue weighted by molar-refractivity contribution is -0.141. The smallest absolute Gasteiger partial charge is 0.435 e. The van der Waals surface area contributed by atoms with Gasteiger partial charge in [-0.1, -0.05) is 13.0 Å². The molecule has 51 heavy (non-hydrogen) atoms. The summed E-state index contributed by atoms with van der Waals surface area (Å²) in [4.78, 5) is 26.3. The van der Waals surface area contributed by atoms with Gasteiger partial charge >= 0.3 is 6.18 Å². The van der Waals surface area contributed by atoms with E-state index in [-0.39, 0.29) is 51.4 Å². The van der Waals surface area contributed by atoms with Crippen LogP contribution < -0.4 is 24.2 Å². The summed E-state index contributed by atoms with van der Waals surface area (Å²) in [6, 6.07) is 6.96. The number of pyridine rings is 1. The van der Waals surface area contributed by atoms with Crippen molar-refractivity contribution in [3.05, 3.63) is 82.3 Å². The monoisotopic (exact) mass is 731 g/mol. The lowest BCUT2D eigenvalue weighted by Crippen LogP contribution is -2.32. The Morgan fingerprint density at radius 3 is 2.24 bits per heavy atom. The molecule has 18 heteroatoms. The van der Waals surface area contributed by atoms with E-state index in [0.717, 1.165) is 10.7 Å². The summed E-state index contributed by atoms with van der Waals surface area (Å²) in [7, 11) is -0.273. The lowest BCUT2D eigenvalue weighted by Gasteiger charge is -2.15. The number of aliphatic hydroxyl groups excluding tert-OH is 1. The highest BCUT2D eigenvalue weighted by Gasteiger charge is 2.35. The van der Waals surface area contributed by atoms with Gasteiger partial charge in [-0.3, -0.25) is 4.79 Å². The van der Waals surface area contributed by atoms with Gasteiger partial charge in [-0.05, 0) is 51.0 Å². The van der Waals surface area contributed by atoms with E-state index in [0.29, 0.717) is 22.8 Å². The van der Waals surface area contributed by atoms with Crippen molar-refractivity contribution in [2.45, 2.75) is 46.4 Å². The zero-order valence-corrected chi connectivity index (χ0v) is 29.5. The molecule has 1 aromatic carbocycles. The number of amides is 1. The molecule has 1 atom stereocenters. The standard InChI is InChI=1S/C33H36F3N7O7S/c1-8-20(19(4)44)11-25(9-2)51(46,47)42-30(45)26-12-21(16-37-31(26)50-7)27-17-38-32(39-22-13-23(48-5)15-24(14-22)49-6)40-29(27)43-18(3)10-28(41-43)33(34,35)36/h8,10-17,19,44H,9H2,1-7H3,(H,42,45)(H,38,39,40). The average molecular weight is 732 g/mol. The number of alkyl halides is 3. The fourth-order valence-electron chi connectivity index (χ4n) is 4.80. The molecule has 0 radical (unpaired) electrons. The molecular weight excluding hydrogens is 695 g/mol. The van der Waals surface area contributed by atoms with E-state index < -0.39 is 33.9 Å². The quantitative estimate of drug-likeness (QED) is 0.147. The fraction of sp³-hybridized carbons (Fsp3) is 0.303. The number of allylic oxidation sites excluding steroid dienone is 2. The van der Waals surface area contributed by atoms with Crippen LogP contribution in [0, 0.1) is 6.92 Å². The van der Waals surface area contributed by atoms with Crippen molar-refractivity contribution in [1.29, 1.82) is 0 Å². The second kappa shape index (κ2) is 15.6. The maximum atomic E-state index is 13.7. The summed E-state index contributed by atoms with van der Waals surface area (Å²) in [6.07, 6.45) is -0.386. The zero-order valence-electron chi connectivity index (χ0n) is 28.7. The van der Waals surface area contributed by atoms with Gasteiger partial charge in [0.05, 0.1) is 32.3 Å². The van der Waals surface area contributed by atoms with Crippen molar-refractivity contribution in [3.8, 4) is 34.3 Å². The summed E-state index contributed by atoms with van der Waals surface area (Å²) >= 11 is 0. The number of anilines is 2. The Hall–Kier alpha value is -5.49. The topological polar surface area (TPSA) is 180 Å². The predicted octanol–water partition coefficient (Wildman–Crippen LogP) is 5.50. The number of benzene rings is 1. The van der Waals surface area contributed by atoms with Crippen molar-refractivity contribution in [2.75, 3.05) is 26.6 Å². The number of aromatic nitrogens is 5. The largest absolute Gasteiger partial charge is 0.497 e. The van der Waals surface area contributed by atoms with E-state index in [1.807, 2.05) is 4.72 Å². The molecule has 0 aliphatic heterocycles. The lowest BCUT2D eigenvalue weighted by atomic mass is 10.1. The van der Waals surface area contributed by atoms with Crippen LogP contribution in [-0.2, 0) is 16.2 Å². The second-order valence-corrected chi connectivity index (χ2v) is 12.6. The minimum Gasteiger partial charge on any atom is -0.497 e. The van der Waals surface area contributed by atoms with Crippen LogP contribution in [0.1, 0.15) is 48.9 Å². The van der Waals surface area contributed by atoms with Crippen molar-refractivity contribution < 1.29 is 45.7 Å². The molecule has 3 aromatic heterocycles. The summed E-state index contributed by atoms with van der Waals surface area (Å²) in [5.41, 5.74) is -0.475. The van der Waals surface area contributed by atoms with Crippen LogP contribution in [0.2, 0.25) is 0 Å². The molecule has 0 spiro atoms. The molecule has 0 bridgehead atoms. The first-order valence-corrected chi connectivity index (χ1v) is 16.7. The van der Waals surface area contributed by atoms with Crippen LogP contribution in [0.4, 0.5) is 24.8 Å². The summed E-state index contributed by atoms with van der Waals surface area (Å²) in [5, 5.41) is 16.7. The molecule has 0 saturated carbocycles. The highest BCUT2D eigenvalue weighted by molar-refractivity contribution is 7.93. The normalized spacial score (nSPS) is 13.1. The van der Waals surface area contributed by atoms with Gasteiger partial charge in [-0.2, -0.15) is 23.3 Å². The van der Waals surface area contributed by atoms with E-state index >= 15 is 0 Å². The molecule has 1 unspecified atom stereocenters. The SMILES string of the molecule is CC=C(C=C(CC)S(=O)(=O)NC(=O)c1cc(-c2cnc(Nc3cc(OC)cc(OC)c3)nc2-n2nc(C(F)(F)F)cc2C)cnc1OC)C(C)O. The average Bonchev–Trinajstić information content (AvgIpc) is 3.49. The van der Waals surface area contributed by atoms with E-state index in [9.17, 15) is 31.5 Å². The van der Waals surface area contributed by atoms with Gasteiger partial charge in [0, 0.05) is 53.1 Å². The number of carbonyl (C=O) groups is 1. The molecule has 14 nitrogen and oxygen atoms in total. The van der Waals surface area contributed by atoms with Crippen molar-refractivity contribution >= 4 is 27.6 Å². The molecular formula is C33H36F3N7O7S. The molecule has 4 aromatic rings. The van der Waals surface area contributed by atoms with Gasteiger partial charge in [0.1, 0.15) is 17.1 Å². The third kappa shape index (κ3) is 8.82. The van der Waals surface area contributed by atoms with Crippen molar-refractivity contribution in [3.63, 3.8) is 0 Å². The number of nitrogens with one attached hydrogen (secondary N) is 2. The number of carbonyl (C=O) groups excluding carboxylic acids is 1. The van der Waals surface area contributed by atoms with Gasteiger partial charge in [0.15, 0.2) is 11.5 Å². The first-order chi connectivity index (χ1) is 24.0. The van der Waals surface area contributed by atoms with Crippen LogP contribution in [-0.4, -0.2) is 71.6 Å². The van der Waals surface area contributed by atoms with Gasteiger partial charge in [-0.25, -0.2) is 27.8 Å². The van der Waals surface area contributed by atoms with Crippen LogP contribution in [0.15, 0.2) is 65.4 Å². The number of ether oxygens (including phenoxy) is 3. The number of halogens is 3. The predicted molar refractivity (Wildman–Crippen MR) is 182 cm³/mol. The van der Waals surface area contributed by atoms with Crippen LogP contribution in [0.5, 0.6) is 17.4 Å². The number of hydrogen-bond acceptors (Lipinski definition) is 12. The number of aryl methyl sites for hydroxylation is 1. The van der Waals surface area contributed by atoms with Gasteiger partial charge in [0.25, 0.3) is 15.9 Å². The number of methoxy groups -OCH3 is 3. The number of sulfonamides is 1. The molecule has 0 fully saturated rings. The summed E-state index contributed by atoms with van der Waals surface area (Å²) in [6.45, 7) is 6.07. The summed E-state index contributed by atoms with van der Waals surface area (Å²) < 4.78 is 86.5. The Morgan fingerprint density at radius 1 is 1.04 bits per heavy atom. The minimum absolute atomic E-state index is 0.00510. The maximum absolute atomic E-state index is 13.7. The number of hydrogen-bond donors (Lipinski definition) is 3. The Morgan fingerprint density at radius 2 is 1.71 bits per heavy atom. The number of aliphatic hydroxyl groups is 1. The molecule has 4 rings (SSSR count). The Labute approximate surface area is 292 Å². The molecule has 0 aliphatic rings. The van der Waals surface area contributed by atoms with Gasteiger partial charge in [0.2, 0.25) is 11.8 Å². The molecule has 0 saturated heterocycles. The Balaban J connectivity index is 1.85. The van der Waals surface area contributed by atoms with Crippen molar-refractivity contribution in [2.24, 2.45) is 0 Å². The van der Waals surface area contributed by atoms with E-state index in [1.54, 1.807) is 38.1 Å². The zero-order chi connectivity index (χ0) is 37.7. The van der Waals surface area contributed by atoms with E-state index in [1.165, 1.54) is 59.7 Å². The third-order valence-corrected chi connectivity index (χ3v) is 8.97. The Kier molecular flexibility index (Phi) is 11.7. The summed E-state index contributed by atoms with van der Waals surface area (Å²) in [5.74, 6) is -0.647. The van der Waals surface area contributed by atoms with E-state index in [4.69, 9.17) is 14.2 Å². The molecule has 3 N–H and O–H groups in total. The first-order valence-electron chi connectivity index (χ1n) is 15.2. The molecule has 1 amide bonds. The highest BCUT2D eigenvalue weighted by atomic mass is 32.2. The second-order valence-electron chi connectivity index (χ2n) is 10.9. The third-order valence-electron chi connectivity index (χ3n) is 7.42. The minimum atomic E-state index is -4.77. The maximum Gasteiger partial charge on any atom is 0.435 e. The molecule has 3 heterocycles. The van der Waals surface area contributed by atoms with Crippen LogP contribution in [0.25, 0.3) is 16.9 Å². The number of rotatable bonds is 13.